The fourth-order valence-electron chi connectivity index (χ4n) is 7.27. The maximum Gasteiger partial charge on any atom is 0.306 e. The van der Waals surface area contributed by atoms with Crippen molar-refractivity contribution < 1.29 is 33.7 Å². The molecule has 0 aromatic rings. The lowest BCUT2D eigenvalue weighted by Gasteiger charge is -2.35. The van der Waals surface area contributed by atoms with Crippen molar-refractivity contribution in [3.8, 4) is 0 Å². The Bertz CT molecular complexity index is 817. The van der Waals surface area contributed by atoms with E-state index in [0.717, 1.165) is 57.8 Å². The van der Waals surface area contributed by atoms with E-state index in [-0.39, 0.29) is 31.1 Å². The van der Waals surface area contributed by atoms with Gasteiger partial charge in [0, 0.05) is 19.3 Å². The van der Waals surface area contributed by atoms with Crippen molar-refractivity contribution in [3.05, 3.63) is 0 Å². The van der Waals surface area contributed by atoms with Crippen molar-refractivity contribution in [2.24, 2.45) is 5.41 Å². The van der Waals surface area contributed by atoms with Crippen LogP contribution in [-0.4, -0.2) is 48.9 Å². The van der Waals surface area contributed by atoms with Gasteiger partial charge >= 0.3 is 17.9 Å². The Balaban J connectivity index is 4.75. The standard InChI is InChI=1S/C48H92O7/c1-5-8-11-14-17-20-23-26-29-32-35-38-45(50)53-42-48(41-49,43-54-46(51)39-36-33-30-27-24-21-18-15-12-9-6-2)44(4)55-47(52)40-37-34-31-28-25-22-19-16-13-10-7-3/h44,49H,5-43H2,1-4H3. The van der Waals surface area contributed by atoms with Gasteiger partial charge in [0.05, 0.1) is 12.0 Å². The molecule has 0 rings (SSSR count). The summed E-state index contributed by atoms with van der Waals surface area (Å²) in [6, 6.07) is 0. The van der Waals surface area contributed by atoms with Gasteiger partial charge in [0.2, 0.25) is 0 Å². The molecular formula is C48H92O7. The lowest BCUT2D eigenvalue weighted by Crippen LogP contribution is -2.48. The van der Waals surface area contributed by atoms with Crippen molar-refractivity contribution in [2.45, 2.75) is 265 Å². The van der Waals surface area contributed by atoms with Gasteiger partial charge < -0.3 is 19.3 Å². The maximum atomic E-state index is 12.9. The molecule has 0 heterocycles. The number of rotatable bonds is 43. The molecular weight excluding hydrogens is 689 g/mol. The monoisotopic (exact) mass is 781 g/mol. The number of carbonyl (C=O) groups excluding carboxylic acids is 3. The topological polar surface area (TPSA) is 99.1 Å². The number of hydrogen-bond acceptors (Lipinski definition) is 7. The number of esters is 3. The first-order valence-electron chi connectivity index (χ1n) is 24.0. The zero-order valence-electron chi connectivity index (χ0n) is 37.1. The molecule has 0 radical (unpaired) electrons. The Morgan fingerprint density at radius 2 is 0.636 bits per heavy atom. The fraction of sp³-hybridized carbons (Fsp3) is 0.938. The van der Waals surface area contributed by atoms with Gasteiger partial charge in [-0.25, -0.2) is 0 Å². The Hall–Kier alpha value is -1.63. The summed E-state index contributed by atoms with van der Waals surface area (Å²) in [6.45, 7) is 7.68. The SMILES string of the molecule is CCCCCCCCCCCCCC(=O)OCC(CO)(COC(=O)CCCCCCCCCCCCC)C(C)OC(=O)CCCCCCCCCCCCC. The molecule has 7 nitrogen and oxygen atoms in total. The van der Waals surface area contributed by atoms with Crippen molar-refractivity contribution in [2.75, 3.05) is 19.8 Å². The lowest BCUT2D eigenvalue weighted by molar-refractivity contribution is -0.176. The summed E-state index contributed by atoms with van der Waals surface area (Å²) in [7, 11) is 0. The van der Waals surface area contributed by atoms with Crippen LogP contribution in [0.2, 0.25) is 0 Å². The average molecular weight is 781 g/mol. The van der Waals surface area contributed by atoms with Crippen LogP contribution in [0.3, 0.4) is 0 Å². The first-order chi connectivity index (χ1) is 26.8. The molecule has 55 heavy (non-hydrogen) atoms. The molecule has 0 aliphatic rings. The van der Waals surface area contributed by atoms with Gasteiger partial charge in [0.1, 0.15) is 19.3 Å². The predicted molar refractivity (Wildman–Crippen MR) is 230 cm³/mol. The van der Waals surface area contributed by atoms with E-state index in [1.165, 1.54) is 154 Å². The van der Waals surface area contributed by atoms with Gasteiger partial charge in [-0.1, -0.05) is 213 Å². The zero-order chi connectivity index (χ0) is 40.5. The normalized spacial score (nSPS) is 12.2. The van der Waals surface area contributed by atoms with E-state index < -0.39 is 18.1 Å². The van der Waals surface area contributed by atoms with E-state index in [0.29, 0.717) is 19.3 Å². The second-order valence-corrected chi connectivity index (χ2v) is 16.8. The van der Waals surface area contributed by atoms with Crippen molar-refractivity contribution in [3.63, 3.8) is 0 Å². The predicted octanol–water partition coefficient (Wildman–Crippen LogP) is 14.1. The third-order valence-electron chi connectivity index (χ3n) is 11.5. The number of aliphatic hydroxyl groups is 1. The third-order valence-corrected chi connectivity index (χ3v) is 11.5. The van der Waals surface area contributed by atoms with Gasteiger partial charge in [-0.05, 0) is 26.2 Å². The first kappa shape index (κ1) is 53.4. The fourth-order valence-corrected chi connectivity index (χ4v) is 7.27. The van der Waals surface area contributed by atoms with Gasteiger partial charge in [0.25, 0.3) is 0 Å². The van der Waals surface area contributed by atoms with Crippen LogP contribution in [0.4, 0.5) is 0 Å². The summed E-state index contributed by atoms with van der Waals surface area (Å²) in [6.07, 6.45) is 39.8. The molecule has 0 spiro atoms. The highest BCUT2D eigenvalue weighted by Crippen LogP contribution is 2.28. The maximum absolute atomic E-state index is 12.9. The minimum absolute atomic E-state index is 0.168. The number of ether oxygens (including phenoxy) is 3. The van der Waals surface area contributed by atoms with E-state index >= 15 is 0 Å². The van der Waals surface area contributed by atoms with Gasteiger partial charge in [-0.15, -0.1) is 0 Å². The molecule has 0 aliphatic carbocycles. The summed E-state index contributed by atoms with van der Waals surface area (Å²) in [4.78, 5) is 38.5. The second-order valence-electron chi connectivity index (χ2n) is 16.8. The summed E-state index contributed by atoms with van der Waals surface area (Å²) >= 11 is 0. The first-order valence-corrected chi connectivity index (χ1v) is 24.0. The smallest absolute Gasteiger partial charge is 0.306 e. The van der Waals surface area contributed by atoms with Crippen molar-refractivity contribution in [1.29, 1.82) is 0 Å². The highest BCUT2D eigenvalue weighted by atomic mass is 16.6. The Labute approximate surface area is 341 Å². The molecule has 0 saturated heterocycles. The minimum atomic E-state index is -1.22. The van der Waals surface area contributed by atoms with Crippen LogP contribution in [0.25, 0.3) is 0 Å². The second kappa shape index (κ2) is 40.6. The van der Waals surface area contributed by atoms with E-state index in [1.807, 2.05) is 0 Å². The molecule has 0 aromatic heterocycles. The van der Waals surface area contributed by atoms with Gasteiger partial charge in [0.15, 0.2) is 0 Å². The van der Waals surface area contributed by atoms with Crippen molar-refractivity contribution >= 4 is 17.9 Å². The highest BCUT2D eigenvalue weighted by molar-refractivity contribution is 5.70. The molecule has 326 valence electrons. The average Bonchev–Trinajstić information content (AvgIpc) is 3.18. The number of unbranched alkanes of at least 4 members (excludes halogenated alkanes) is 30. The van der Waals surface area contributed by atoms with Crippen LogP contribution in [0, 0.1) is 5.41 Å². The summed E-state index contributed by atoms with van der Waals surface area (Å²) in [5.74, 6) is -0.998. The minimum Gasteiger partial charge on any atom is -0.465 e. The van der Waals surface area contributed by atoms with Crippen LogP contribution >= 0.6 is 0 Å². The third kappa shape index (κ3) is 34.2. The molecule has 1 N–H and O–H groups in total. The van der Waals surface area contributed by atoms with Crippen LogP contribution in [0.15, 0.2) is 0 Å². The molecule has 0 fully saturated rings. The molecule has 0 aromatic carbocycles. The van der Waals surface area contributed by atoms with Crippen LogP contribution in [-0.2, 0) is 28.6 Å². The molecule has 0 saturated carbocycles. The number of hydrogen-bond donors (Lipinski definition) is 1. The van der Waals surface area contributed by atoms with Gasteiger partial charge in [-0.3, -0.25) is 14.4 Å². The molecule has 0 amide bonds. The summed E-state index contributed by atoms with van der Waals surface area (Å²) in [5, 5.41) is 10.6. The Kier molecular flexibility index (Phi) is 39.4. The summed E-state index contributed by atoms with van der Waals surface area (Å²) in [5.41, 5.74) is -1.22. The van der Waals surface area contributed by atoms with E-state index in [2.05, 4.69) is 20.8 Å². The van der Waals surface area contributed by atoms with Crippen LogP contribution in [0.5, 0.6) is 0 Å². The Morgan fingerprint density at radius 3 is 0.891 bits per heavy atom. The molecule has 0 bridgehead atoms. The highest BCUT2D eigenvalue weighted by Gasteiger charge is 2.41. The van der Waals surface area contributed by atoms with E-state index in [9.17, 15) is 19.5 Å². The van der Waals surface area contributed by atoms with E-state index in [4.69, 9.17) is 14.2 Å². The van der Waals surface area contributed by atoms with Crippen molar-refractivity contribution in [1.82, 2.24) is 0 Å². The largest absolute Gasteiger partial charge is 0.465 e. The van der Waals surface area contributed by atoms with Crippen LogP contribution in [0.1, 0.15) is 259 Å². The molecule has 1 unspecified atom stereocenters. The van der Waals surface area contributed by atoms with Gasteiger partial charge in [-0.2, -0.15) is 0 Å². The summed E-state index contributed by atoms with van der Waals surface area (Å²) < 4.78 is 17.2. The van der Waals surface area contributed by atoms with E-state index in [1.54, 1.807) is 6.92 Å². The molecule has 0 aliphatic heterocycles. The quantitative estimate of drug-likeness (QED) is 0.0374. The lowest BCUT2D eigenvalue weighted by atomic mass is 9.85. The number of aliphatic hydroxyl groups excluding tert-OH is 1. The van der Waals surface area contributed by atoms with Crippen LogP contribution < -0.4 is 0 Å². The molecule has 1 atom stereocenters. The zero-order valence-corrected chi connectivity index (χ0v) is 37.1. The molecule has 7 heteroatoms. The Morgan fingerprint density at radius 1 is 0.400 bits per heavy atom. The number of carbonyl (C=O) groups is 3.